The highest BCUT2D eigenvalue weighted by Crippen LogP contribution is 2.29. The molecule has 20 heavy (non-hydrogen) atoms. The van der Waals surface area contributed by atoms with Gasteiger partial charge in [-0.3, -0.25) is 4.98 Å². The van der Waals surface area contributed by atoms with Gasteiger partial charge in [-0.1, -0.05) is 18.2 Å². The Bertz CT molecular complexity index is 593. The molecule has 1 heterocycles. The SMILES string of the molecule is CNC(c1cccc(OC2CC2)c1)c1cccc(C)n1. The van der Waals surface area contributed by atoms with Crippen LogP contribution < -0.4 is 10.1 Å². The summed E-state index contributed by atoms with van der Waals surface area (Å²) >= 11 is 0. The van der Waals surface area contributed by atoms with Crippen LogP contribution in [0.2, 0.25) is 0 Å². The Hall–Kier alpha value is -1.87. The summed E-state index contributed by atoms with van der Waals surface area (Å²) in [6, 6.07) is 14.5. The van der Waals surface area contributed by atoms with Gasteiger partial charge in [-0.2, -0.15) is 0 Å². The van der Waals surface area contributed by atoms with Gasteiger partial charge in [-0.25, -0.2) is 0 Å². The fourth-order valence-electron chi connectivity index (χ4n) is 2.36. The van der Waals surface area contributed by atoms with E-state index in [9.17, 15) is 0 Å². The summed E-state index contributed by atoms with van der Waals surface area (Å²) < 4.78 is 5.87. The smallest absolute Gasteiger partial charge is 0.120 e. The zero-order valence-electron chi connectivity index (χ0n) is 12.0. The minimum atomic E-state index is 0.0950. The summed E-state index contributed by atoms with van der Waals surface area (Å²) in [4.78, 5) is 4.62. The Morgan fingerprint density at radius 3 is 2.70 bits per heavy atom. The number of aromatic nitrogens is 1. The van der Waals surface area contributed by atoms with Crippen molar-refractivity contribution in [1.29, 1.82) is 0 Å². The molecule has 0 saturated heterocycles. The van der Waals surface area contributed by atoms with Gasteiger partial charge in [-0.15, -0.1) is 0 Å². The lowest BCUT2D eigenvalue weighted by Gasteiger charge is -2.17. The van der Waals surface area contributed by atoms with Gasteiger partial charge in [0.05, 0.1) is 17.8 Å². The molecule has 0 aliphatic heterocycles. The van der Waals surface area contributed by atoms with E-state index in [4.69, 9.17) is 4.74 Å². The van der Waals surface area contributed by atoms with Gasteiger partial charge in [0.1, 0.15) is 5.75 Å². The molecule has 1 atom stereocenters. The molecule has 3 rings (SSSR count). The molecule has 1 aromatic heterocycles. The van der Waals surface area contributed by atoms with Crippen molar-refractivity contribution < 1.29 is 4.74 Å². The summed E-state index contributed by atoms with van der Waals surface area (Å²) in [5, 5.41) is 3.34. The lowest BCUT2D eigenvalue weighted by Crippen LogP contribution is -2.19. The van der Waals surface area contributed by atoms with Crippen molar-refractivity contribution in [1.82, 2.24) is 10.3 Å². The first-order chi connectivity index (χ1) is 9.76. The van der Waals surface area contributed by atoms with Crippen molar-refractivity contribution >= 4 is 0 Å². The molecule has 0 spiro atoms. The number of benzene rings is 1. The molecule has 1 saturated carbocycles. The fourth-order valence-corrected chi connectivity index (χ4v) is 2.36. The van der Waals surface area contributed by atoms with Crippen LogP contribution in [-0.2, 0) is 0 Å². The van der Waals surface area contributed by atoms with Crippen molar-refractivity contribution in [2.75, 3.05) is 7.05 Å². The molecule has 1 unspecified atom stereocenters. The predicted molar refractivity (Wildman–Crippen MR) is 80.0 cm³/mol. The van der Waals surface area contributed by atoms with E-state index in [0.29, 0.717) is 6.10 Å². The van der Waals surface area contributed by atoms with Gasteiger partial charge in [-0.05, 0) is 56.6 Å². The van der Waals surface area contributed by atoms with Crippen molar-refractivity contribution in [3.05, 3.63) is 59.4 Å². The largest absolute Gasteiger partial charge is 0.490 e. The van der Waals surface area contributed by atoms with Crippen molar-refractivity contribution in [2.24, 2.45) is 0 Å². The lowest BCUT2D eigenvalue weighted by atomic mass is 10.0. The number of nitrogens with zero attached hydrogens (tertiary/aromatic N) is 1. The number of nitrogens with one attached hydrogen (secondary N) is 1. The number of aryl methyl sites for hydroxylation is 1. The number of hydrogen-bond acceptors (Lipinski definition) is 3. The zero-order valence-corrected chi connectivity index (χ0v) is 12.0. The number of ether oxygens (including phenoxy) is 1. The molecule has 0 amide bonds. The van der Waals surface area contributed by atoms with Crippen molar-refractivity contribution in [2.45, 2.75) is 31.9 Å². The summed E-state index contributed by atoms with van der Waals surface area (Å²) in [6.07, 6.45) is 2.79. The molecule has 1 N–H and O–H groups in total. The summed E-state index contributed by atoms with van der Waals surface area (Å²) in [6.45, 7) is 2.02. The van der Waals surface area contributed by atoms with E-state index >= 15 is 0 Å². The Labute approximate surface area is 120 Å². The second kappa shape index (κ2) is 5.63. The highest BCUT2D eigenvalue weighted by atomic mass is 16.5. The number of rotatable bonds is 5. The normalized spacial score (nSPS) is 15.9. The maximum absolute atomic E-state index is 5.87. The van der Waals surface area contributed by atoms with E-state index in [1.54, 1.807) is 0 Å². The molecule has 1 aliphatic rings. The molecular formula is C17H20N2O. The van der Waals surface area contributed by atoms with Gasteiger partial charge in [0, 0.05) is 5.69 Å². The predicted octanol–water partition coefficient (Wildman–Crippen LogP) is 3.24. The molecular weight excluding hydrogens is 248 g/mol. The Morgan fingerprint density at radius 2 is 2.00 bits per heavy atom. The third-order valence-corrected chi connectivity index (χ3v) is 3.51. The third-order valence-electron chi connectivity index (χ3n) is 3.51. The summed E-state index contributed by atoms with van der Waals surface area (Å²) in [5.41, 5.74) is 3.26. The second-order valence-electron chi connectivity index (χ2n) is 5.32. The molecule has 0 bridgehead atoms. The number of hydrogen-bond donors (Lipinski definition) is 1. The van der Waals surface area contributed by atoms with Gasteiger partial charge >= 0.3 is 0 Å². The quantitative estimate of drug-likeness (QED) is 0.904. The Morgan fingerprint density at radius 1 is 1.20 bits per heavy atom. The molecule has 3 nitrogen and oxygen atoms in total. The van der Waals surface area contributed by atoms with Crippen LogP contribution in [0.25, 0.3) is 0 Å². The van der Waals surface area contributed by atoms with Crippen LogP contribution in [0, 0.1) is 6.92 Å². The van der Waals surface area contributed by atoms with E-state index < -0.39 is 0 Å². The van der Waals surface area contributed by atoms with Crippen LogP contribution in [-0.4, -0.2) is 18.1 Å². The van der Waals surface area contributed by atoms with E-state index in [0.717, 1.165) is 17.1 Å². The van der Waals surface area contributed by atoms with Gasteiger partial charge in [0.15, 0.2) is 0 Å². The van der Waals surface area contributed by atoms with Crippen molar-refractivity contribution in [3.8, 4) is 5.75 Å². The van der Waals surface area contributed by atoms with Crippen LogP contribution in [0.15, 0.2) is 42.5 Å². The monoisotopic (exact) mass is 268 g/mol. The fraction of sp³-hybridized carbons (Fsp3) is 0.353. The molecule has 2 aromatic rings. The van der Waals surface area contributed by atoms with Crippen LogP contribution in [0.3, 0.4) is 0 Å². The summed E-state index contributed by atoms with van der Waals surface area (Å²) in [5.74, 6) is 0.956. The summed E-state index contributed by atoms with van der Waals surface area (Å²) in [7, 11) is 1.96. The van der Waals surface area contributed by atoms with Gasteiger partial charge in [0.2, 0.25) is 0 Å². The highest BCUT2D eigenvalue weighted by Gasteiger charge is 2.24. The van der Waals surface area contributed by atoms with Gasteiger partial charge in [0.25, 0.3) is 0 Å². The van der Waals surface area contributed by atoms with Crippen LogP contribution in [0.5, 0.6) is 5.75 Å². The average molecular weight is 268 g/mol. The maximum atomic E-state index is 5.87. The minimum Gasteiger partial charge on any atom is -0.490 e. The van der Waals surface area contributed by atoms with E-state index in [-0.39, 0.29) is 6.04 Å². The minimum absolute atomic E-state index is 0.0950. The lowest BCUT2D eigenvalue weighted by molar-refractivity contribution is 0.302. The average Bonchev–Trinajstić information content (AvgIpc) is 3.24. The van der Waals surface area contributed by atoms with E-state index in [1.165, 1.54) is 18.4 Å². The topological polar surface area (TPSA) is 34.1 Å². The molecule has 1 fully saturated rings. The van der Waals surface area contributed by atoms with Gasteiger partial charge < -0.3 is 10.1 Å². The highest BCUT2D eigenvalue weighted by molar-refractivity contribution is 5.35. The molecule has 104 valence electrons. The van der Waals surface area contributed by atoms with Crippen LogP contribution in [0.1, 0.15) is 35.8 Å². The number of pyridine rings is 1. The molecule has 1 aliphatic carbocycles. The standard InChI is InChI=1S/C17H20N2O/c1-12-5-3-8-16(19-12)17(18-2)13-6-4-7-15(11-13)20-14-9-10-14/h3-8,11,14,17-18H,9-10H2,1-2H3. The third kappa shape index (κ3) is 2.99. The molecule has 3 heteroatoms. The van der Waals surface area contributed by atoms with E-state index in [2.05, 4.69) is 28.5 Å². The molecule has 0 radical (unpaired) electrons. The maximum Gasteiger partial charge on any atom is 0.120 e. The van der Waals surface area contributed by atoms with E-state index in [1.807, 2.05) is 38.2 Å². The Kier molecular flexibility index (Phi) is 3.70. The first-order valence-electron chi connectivity index (χ1n) is 7.13. The molecule has 1 aromatic carbocycles. The van der Waals surface area contributed by atoms with Crippen molar-refractivity contribution in [3.63, 3.8) is 0 Å². The first-order valence-corrected chi connectivity index (χ1v) is 7.13. The Balaban J connectivity index is 1.88. The zero-order chi connectivity index (χ0) is 13.9. The second-order valence-corrected chi connectivity index (χ2v) is 5.32. The van der Waals surface area contributed by atoms with Crippen LogP contribution in [0.4, 0.5) is 0 Å². The first kappa shape index (κ1) is 13.1. The van der Waals surface area contributed by atoms with Crippen LogP contribution >= 0.6 is 0 Å².